The number of carbonyl (C=O) groups is 2. The van der Waals surface area contributed by atoms with Gasteiger partial charge < -0.3 is 14.9 Å². The van der Waals surface area contributed by atoms with Crippen LogP contribution >= 0.6 is 0 Å². The lowest BCUT2D eigenvalue weighted by atomic mass is 10.1. The van der Waals surface area contributed by atoms with Crippen LogP contribution in [0.4, 0.5) is 4.79 Å². The van der Waals surface area contributed by atoms with Gasteiger partial charge in [-0.05, 0) is 26.2 Å². The molecule has 2 amide bonds. The molecule has 6 nitrogen and oxygen atoms in total. The van der Waals surface area contributed by atoms with Crippen molar-refractivity contribution in [2.75, 3.05) is 26.2 Å². The van der Waals surface area contributed by atoms with Crippen LogP contribution in [0.5, 0.6) is 0 Å². The van der Waals surface area contributed by atoms with E-state index in [1.807, 2.05) is 6.92 Å². The maximum Gasteiger partial charge on any atom is 0.320 e. The van der Waals surface area contributed by atoms with E-state index in [0.29, 0.717) is 26.2 Å². The Kier molecular flexibility index (Phi) is 5.61. The van der Waals surface area contributed by atoms with Gasteiger partial charge in [0.25, 0.3) is 0 Å². The zero-order valence-electron chi connectivity index (χ0n) is 11.5. The second-order valence-corrected chi connectivity index (χ2v) is 5.05. The molecule has 0 spiro atoms. The minimum atomic E-state index is -0.815. The first-order valence-corrected chi connectivity index (χ1v) is 6.63. The van der Waals surface area contributed by atoms with Crippen LogP contribution in [0.2, 0.25) is 0 Å². The molecule has 6 heteroatoms. The van der Waals surface area contributed by atoms with Gasteiger partial charge in [0.2, 0.25) is 0 Å². The van der Waals surface area contributed by atoms with Crippen LogP contribution in [-0.4, -0.2) is 53.1 Å². The average molecular weight is 267 g/mol. The highest BCUT2D eigenvalue weighted by Gasteiger charge is 2.30. The molecule has 19 heavy (non-hydrogen) atoms. The van der Waals surface area contributed by atoms with Crippen molar-refractivity contribution >= 4 is 12.0 Å². The first-order valence-electron chi connectivity index (χ1n) is 6.63. The summed E-state index contributed by atoms with van der Waals surface area (Å²) in [6.07, 6.45) is 0.855. The summed E-state index contributed by atoms with van der Waals surface area (Å²) in [5.41, 5.74) is 0. The maximum atomic E-state index is 12.3. The van der Waals surface area contributed by atoms with Crippen molar-refractivity contribution in [3.8, 4) is 6.07 Å². The van der Waals surface area contributed by atoms with Gasteiger partial charge in [0.15, 0.2) is 0 Å². The molecular formula is C13H21N3O3. The Labute approximate surface area is 113 Å². The van der Waals surface area contributed by atoms with Crippen molar-refractivity contribution in [2.45, 2.75) is 26.7 Å². The highest BCUT2D eigenvalue weighted by Crippen LogP contribution is 2.21. The van der Waals surface area contributed by atoms with E-state index in [-0.39, 0.29) is 24.3 Å². The number of nitriles is 1. The minimum absolute atomic E-state index is 0.0496. The lowest BCUT2D eigenvalue weighted by molar-refractivity contribution is -0.138. The topological polar surface area (TPSA) is 84.6 Å². The van der Waals surface area contributed by atoms with Crippen LogP contribution in [0, 0.1) is 23.2 Å². The Morgan fingerprint density at radius 3 is 2.79 bits per heavy atom. The largest absolute Gasteiger partial charge is 0.481 e. The van der Waals surface area contributed by atoms with E-state index in [1.54, 1.807) is 16.7 Å². The summed E-state index contributed by atoms with van der Waals surface area (Å²) >= 11 is 0. The Bertz CT molecular complexity index is 378. The monoisotopic (exact) mass is 267 g/mol. The molecule has 0 aromatic heterocycles. The second-order valence-electron chi connectivity index (χ2n) is 5.05. The molecule has 1 aliphatic rings. The van der Waals surface area contributed by atoms with Gasteiger partial charge in [0, 0.05) is 32.6 Å². The number of hydrogen-bond acceptors (Lipinski definition) is 3. The van der Waals surface area contributed by atoms with Gasteiger partial charge in [-0.25, -0.2) is 4.79 Å². The lowest BCUT2D eigenvalue weighted by Gasteiger charge is -2.27. The highest BCUT2D eigenvalue weighted by molar-refractivity contribution is 5.75. The van der Waals surface area contributed by atoms with Crippen LogP contribution in [-0.2, 0) is 4.79 Å². The molecule has 106 valence electrons. The number of hydrogen-bond donors (Lipinski definition) is 1. The smallest absolute Gasteiger partial charge is 0.320 e. The summed E-state index contributed by atoms with van der Waals surface area (Å²) in [6, 6.07) is 2.03. The molecule has 2 unspecified atom stereocenters. The van der Waals surface area contributed by atoms with Gasteiger partial charge in [0.05, 0.1) is 12.0 Å². The Hall–Kier alpha value is -1.77. The van der Waals surface area contributed by atoms with E-state index in [1.165, 1.54) is 0 Å². The van der Waals surface area contributed by atoms with Gasteiger partial charge in [-0.3, -0.25) is 4.79 Å². The van der Waals surface area contributed by atoms with Crippen LogP contribution < -0.4 is 0 Å². The van der Waals surface area contributed by atoms with E-state index in [0.717, 1.165) is 6.42 Å². The van der Waals surface area contributed by atoms with E-state index < -0.39 is 5.97 Å². The van der Waals surface area contributed by atoms with E-state index in [4.69, 9.17) is 10.4 Å². The summed E-state index contributed by atoms with van der Waals surface area (Å²) in [4.78, 5) is 26.3. The molecule has 1 aliphatic heterocycles. The molecular weight excluding hydrogens is 246 g/mol. The molecule has 0 radical (unpaired) electrons. The summed E-state index contributed by atoms with van der Waals surface area (Å²) in [5, 5.41) is 17.6. The maximum absolute atomic E-state index is 12.3. The molecule has 1 saturated heterocycles. The van der Waals surface area contributed by atoms with Gasteiger partial charge in [-0.15, -0.1) is 0 Å². The predicted molar refractivity (Wildman–Crippen MR) is 69.4 cm³/mol. The summed E-state index contributed by atoms with van der Waals surface area (Å²) in [5.74, 6) is -0.959. The number of carbonyl (C=O) groups excluding carboxylic acids is 1. The van der Waals surface area contributed by atoms with Crippen molar-refractivity contribution in [3.05, 3.63) is 0 Å². The molecule has 1 heterocycles. The third kappa shape index (κ3) is 4.43. The standard InChI is InChI=1S/C13H21N3O3/c1-3-15(8-10(2)7-14)13(19)16-5-4-11(9-16)6-12(17)18/h10-11H,3-6,8-9H2,1-2H3,(H,17,18). The highest BCUT2D eigenvalue weighted by atomic mass is 16.4. The van der Waals surface area contributed by atoms with Crippen LogP contribution in [0.15, 0.2) is 0 Å². The summed E-state index contributed by atoms with van der Waals surface area (Å²) in [7, 11) is 0. The molecule has 0 aromatic carbocycles. The number of carboxylic acid groups (broad SMARTS) is 1. The number of nitrogens with zero attached hydrogens (tertiary/aromatic N) is 3. The predicted octanol–water partition coefficient (Wildman–Crippen LogP) is 1.38. The molecule has 1 rings (SSSR count). The molecule has 0 aromatic rings. The molecule has 0 bridgehead atoms. The molecule has 0 aliphatic carbocycles. The Morgan fingerprint density at radius 2 is 2.26 bits per heavy atom. The Balaban J connectivity index is 2.53. The number of likely N-dealkylation sites (tertiary alicyclic amines) is 1. The molecule has 1 fully saturated rings. The number of rotatable bonds is 5. The van der Waals surface area contributed by atoms with Gasteiger partial charge in [-0.1, -0.05) is 0 Å². The van der Waals surface area contributed by atoms with Crippen LogP contribution in [0.3, 0.4) is 0 Å². The number of amides is 2. The number of urea groups is 1. The average Bonchev–Trinajstić information content (AvgIpc) is 2.82. The van der Waals surface area contributed by atoms with E-state index >= 15 is 0 Å². The lowest BCUT2D eigenvalue weighted by Crippen LogP contribution is -2.43. The Morgan fingerprint density at radius 1 is 1.58 bits per heavy atom. The van der Waals surface area contributed by atoms with Gasteiger partial charge in [0.1, 0.15) is 0 Å². The molecule has 2 atom stereocenters. The summed E-state index contributed by atoms with van der Waals surface area (Å²) < 4.78 is 0. The van der Waals surface area contributed by atoms with Crippen molar-refractivity contribution in [2.24, 2.45) is 11.8 Å². The zero-order valence-corrected chi connectivity index (χ0v) is 11.5. The fourth-order valence-corrected chi connectivity index (χ4v) is 2.33. The summed E-state index contributed by atoms with van der Waals surface area (Å²) in [6.45, 7) is 5.76. The third-order valence-electron chi connectivity index (χ3n) is 3.39. The minimum Gasteiger partial charge on any atom is -0.481 e. The fraction of sp³-hybridized carbons (Fsp3) is 0.769. The van der Waals surface area contributed by atoms with E-state index in [2.05, 4.69) is 6.07 Å². The quantitative estimate of drug-likeness (QED) is 0.815. The number of carboxylic acids is 1. The van der Waals surface area contributed by atoms with Gasteiger partial charge in [-0.2, -0.15) is 5.26 Å². The third-order valence-corrected chi connectivity index (χ3v) is 3.39. The van der Waals surface area contributed by atoms with Crippen molar-refractivity contribution in [1.82, 2.24) is 9.80 Å². The van der Waals surface area contributed by atoms with Crippen LogP contribution in [0.25, 0.3) is 0 Å². The zero-order chi connectivity index (χ0) is 14.4. The first kappa shape index (κ1) is 15.3. The first-order chi connectivity index (χ1) is 8.97. The van der Waals surface area contributed by atoms with Gasteiger partial charge >= 0.3 is 12.0 Å². The molecule has 1 N–H and O–H groups in total. The van der Waals surface area contributed by atoms with Crippen molar-refractivity contribution in [3.63, 3.8) is 0 Å². The SMILES string of the molecule is CCN(CC(C)C#N)C(=O)N1CCC(CC(=O)O)C1. The fourth-order valence-electron chi connectivity index (χ4n) is 2.33. The number of aliphatic carboxylic acids is 1. The molecule has 0 saturated carbocycles. The normalized spacial score (nSPS) is 19.8. The van der Waals surface area contributed by atoms with Crippen LogP contribution in [0.1, 0.15) is 26.7 Å². The second kappa shape index (κ2) is 6.98. The van der Waals surface area contributed by atoms with Crippen molar-refractivity contribution < 1.29 is 14.7 Å². The van der Waals surface area contributed by atoms with E-state index in [9.17, 15) is 9.59 Å². The van der Waals surface area contributed by atoms with Crippen molar-refractivity contribution in [1.29, 1.82) is 5.26 Å².